The summed E-state index contributed by atoms with van der Waals surface area (Å²) in [4.78, 5) is 23.2. The van der Waals surface area contributed by atoms with Crippen LogP contribution in [0.2, 0.25) is 0 Å². The quantitative estimate of drug-likeness (QED) is 0.677. The lowest BCUT2D eigenvalue weighted by atomic mass is 10.1. The van der Waals surface area contributed by atoms with Gasteiger partial charge in [0.15, 0.2) is 5.17 Å². The highest BCUT2D eigenvalue weighted by Gasteiger charge is 2.32. The summed E-state index contributed by atoms with van der Waals surface area (Å²) in [6, 6.07) is 7.50. The summed E-state index contributed by atoms with van der Waals surface area (Å²) < 4.78 is 0. The van der Waals surface area contributed by atoms with Gasteiger partial charge in [-0.1, -0.05) is 12.1 Å². The van der Waals surface area contributed by atoms with E-state index in [0.717, 1.165) is 11.1 Å². The largest absolute Gasteiger partial charge is 0.399 e. The maximum absolute atomic E-state index is 12.5. The van der Waals surface area contributed by atoms with Crippen LogP contribution in [0.5, 0.6) is 0 Å². The number of nitrogens with two attached hydrogens (primary N) is 1. The number of likely N-dealkylation sites (N-methyl/N-ethyl adjacent to an activating group) is 1. The van der Waals surface area contributed by atoms with Gasteiger partial charge in [-0.2, -0.15) is 4.99 Å². The highest BCUT2D eigenvalue weighted by Crippen LogP contribution is 2.37. The number of amides is 1. The molecule has 0 spiro atoms. The molecule has 1 aromatic carbocycles. The molecular formula is C15H14N4OS2. The predicted molar refractivity (Wildman–Crippen MR) is 93.0 cm³/mol. The second-order valence-corrected chi connectivity index (χ2v) is 6.60. The van der Waals surface area contributed by atoms with Crippen molar-refractivity contribution in [1.29, 1.82) is 0 Å². The van der Waals surface area contributed by atoms with Crippen LogP contribution in [0.25, 0.3) is 5.57 Å². The smallest absolute Gasteiger partial charge is 0.266 e. The van der Waals surface area contributed by atoms with Crippen molar-refractivity contribution < 1.29 is 4.79 Å². The molecule has 2 N–H and O–H groups in total. The van der Waals surface area contributed by atoms with E-state index in [4.69, 9.17) is 5.73 Å². The Labute approximate surface area is 136 Å². The standard InChI is InChI=1S/C15H14N4OS2/c1-9(10-3-5-11(16)6-4-10)12-13(20)19(2)15(22-12)18-14-17-7-8-21-14/h3-8H,16H2,1-2H3/b12-9-,18-15+. The number of hydrogen-bond donors (Lipinski definition) is 1. The molecule has 7 heteroatoms. The van der Waals surface area contributed by atoms with Crippen molar-refractivity contribution in [3.63, 3.8) is 0 Å². The molecule has 5 nitrogen and oxygen atoms in total. The van der Waals surface area contributed by atoms with E-state index < -0.39 is 0 Å². The van der Waals surface area contributed by atoms with Crippen LogP contribution in [0.15, 0.2) is 45.7 Å². The van der Waals surface area contributed by atoms with E-state index in [1.807, 2.05) is 36.6 Å². The average molecular weight is 330 g/mol. The number of aromatic nitrogens is 1. The molecule has 2 heterocycles. The molecule has 1 aromatic heterocycles. The highest BCUT2D eigenvalue weighted by atomic mass is 32.2. The summed E-state index contributed by atoms with van der Waals surface area (Å²) in [6.45, 7) is 1.94. The van der Waals surface area contributed by atoms with E-state index in [9.17, 15) is 4.79 Å². The first-order valence-electron chi connectivity index (χ1n) is 6.57. The van der Waals surface area contributed by atoms with Crippen molar-refractivity contribution >= 4 is 50.6 Å². The van der Waals surface area contributed by atoms with Gasteiger partial charge >= 0.3 is 0 Å². The third kappa shape index (κ3) is 2.77. The van der Waals surface area contributed by atoms with Crippen LogP contribution in [0.3, 0.4) is 0 Å². The minimum absolute atomic E-state index is 0.0466. The van der Waals surface area contributed by atoms with Crippen LogP contribution in [0.4, 0.5) is 10.8 Å². The fourth-order valence-electron chi connectivity index (χ4n) is 1.99. The molecule has 3 rings (SSSR count). The number of nitrogens with zero attached hydrogens (tertiary/aromatic N) is 3. The summed E-state index contributed by atoms with van der Waals surface area (Å²) in [5, 5.41) is 3.15. The molecular weight excluding hydrogens is 316 g/mol. The lowest BCUT2D eigenvalue weighted by Crippen LogP contribution is -2.23. The third-order valence-corrected chi connectivity index (χ3v) is 5.17. The second-order valence-electron chi connectivity index (χ2n) is 4.75. The summed E-state index contributed by atoms with van der Waals surface area (Å²) in [5.41, 5.74) is 8.31. The molecule has 22 heavy (non-hydrogen) atoms. The predicted octanol–water partition coefficient (Wildman–Crippen LogP) is 3.35. The number of anilines is 1. The van der Waals surface area contributed by atoms with Crippen LogP contribution < -0.4 is 5.73 Å². The molecule has 1 fully saturated rings. The fraction of sp³-hybridized carbons (Fsp3) is 0.133. The minimum atomic E-state index is -0.0466. The van der Waals surface area contributed by atoms with Crippen molar-refractivity contribution in [2.45, 2.75) is 6.92 Å². The minimum Gasteiger partial charge on any atom is -0.399 e. The lowest BCUT2D eigenvalue weighted by Gasteiger charge is -2.07. The zero-order valence-electron chi connectivity index (χ0n) is 12.1. The maximum Gasteiger partial charge on any atom is 0.266 e. The van der Waals surface area contributed by atoms with Gasteiger partial charge < -0.3 is 5.73 Å². The molecule has 0 unspecified atom stereocenters. The van der Waals surface area contributed by atoms with Gasteiger partial charge in [-0.3, -0.25) is 9.69 Å². The normalized spacial score (nSPS) is 19.1. The number of thioether (sulfide) groups is 1. The number of benzene rings is 1. The molecule has 0 bridgehead atoms. The van der Waals surface area contributed by atoms with E-state index in [0.29, 0.717) is 20.9 Å². The van der Waals surface area contributed by atoms with Gasteiger partial charge in [0.1, 0.15) is 0 Å². The van der Waals surface area contributed by atoms with Crippen LogP contribution in [-0.2, 0) is 4.79 Å². The van der Waals surface area contributed by atoms with Crippen LogP contribution >= 0.6 is 23.1 Å². The summed E-state index contributed by atoms with van der Waals surface area (Å²) in [6.07, 6.45) is 1.70. The zero-order valence-corrected chi connectivity index (χ0v) is 13.7. The van der Waals surface area contributed by atoms with Gasteiger partial charge in [0.2, 0.25) is 5.13 Å². The Morgan fingerprint density at radius 3 is 2.68 bits per heavy atom. The van der Waals surface area contributed by atoms with E-state index >= 15 is 0 Å². The van der Waals surface area contributed by atoms with Gasteiger partial charge in [0.25, 0.3) is 5.91 Å². The van der Waals surface area contributed by atoms with Crippen LogP contribution in [0, 0.1) is 0 Å². The van der Waals surface area contributed by atoms with E-state index in [2.05, 4.69) is 9.98 Å². The second kappa shape index (κ2) is 5.94. The van der Waals surface area contributed by atoms with Crippen molar-refractivity contribution in [3.05, 3.63) is 46.3 Å². The fourth-order valence-corrected chi connectivity index (χ4v) is 3.59. The Balaban J connectivity index is 1.96. The number of thiazole rings is 1. The summed E-state index contributed by atoms with van der Waals surface area (Å²) in [7, 11) is 1.73. The highest BCUT2D eigenvalue weighted by molar-refractivity contribution is 8.18. The Morgan fingerprint density at radius 1 is 1.32 bits per heavy atom. The third-order valence-electron chi connectivity index (χ3n) is 3.27. The van der Waals surface area contributed by atoms with Gasteiger partial charge in [0.05, 0.1) is 4.91 Å². The number of rotatable bonds is 2. The average Bonchev–Trinajstić information content (AvgIpc) is 3.11. The molecule has 1 amide bonds. The van der Waals surface area contributed by atoms with Gasteiger partial charge in [0, 0.05) is 24.3 Å². The molecule has 0 saturated carbocycles. The molecule has 0 radical (unpaired) electrons. The number of hydrogen-bond acceptors (Lipinski definition) is 6. The number of aliphatic imine (C=N–C) groups is 1. The molecule has 1 aliphatic heterocycles. The number of amidine groups is 1. The van der Waals surface area contributed by atoms with E-state index in [1.54, 1.807) is 18.1 Å². The monoisotopic (exact) mass is 330 g/mol. The molecule has 1 aliphatic rings. The number of nitrogen functional groups attached to an aromatic ring is 1. The number of allylic oxidation sites excluding steroid dienone is 1. The first-order valence-corrected chi connectivity index (χ1v) is 8.27. The van der Waals surface area contributed by atoms with Crippen molar-refractivity contribution in [1.82, 2.24) is 9.88 Å². The first-order chi connectivity index (χ1) is 10.6. The lowest BCUT2D eigenvalue weighted by molar-refractivity contribution is -0.121. The SMILES string of the molecule is C/C(=C1/S/C(=N/c2nccs2)N(C)C1=O)c1ccc(N)cc1. The number of carbonyl (C=O) groups is 1. The molecule has 0 aliphatic carbocycles. The Hall–Kier alpha value is -2.12. The zero-order chi connectivity index (χ0) is 15.7. The van der Waals surface area contributed by atoms with Crippen molar-refractivity contribution in [2.75, 3.05) is 12.8 Å². The van der Waals surface area contributed by atoms with Gasteiger partial charge in [-0.25, -0.2) is 4.98 Å². The molecule has 2 aromatic rings. The van der Waals surface area contributed by atoms with Crippen molar-refractivity contribution in [2.24, 2.45) is 4.99 Å². The Morgan fingerprint density at radius 2 is 2.05 bits per heavy atom. The maximum atomic E-state index is 12.5. The topological polar surface area (TPSA) is 71.6 Å². The summed E-state index contributed by atoms with van der Waals surface area (Å²) in [5.74, 6) is -0.0466. The van der Waals surface area contributed by atoms with Crippen molar-refractivity contribution in [3.8, 4) is 0 Å². The first kappa shape index (κ1) is 14.8. The Kier molecular flexibility index (Phi) is 4.00. The van der Waals surface area contributed by atoms with Crippen LogP contribution in [0.1, 0.15) is 12.5 Å². The molecule has 0 atom stereocenters. The molecule has 1 saturated heterocycles. The molecule has 112 valence electrons. The van der Waals surface area contributed by atoms with Gasteiger partial charge in [-0.15, -0.1) is 11.3 Å². The van der Waals surface area contributed by atoms with E-state index in [1.165, 1.54) is 23.1 Å². The van der Waals surface area contributed by atoms with E-state index in [-0.39, 0.29) is 5.91 Å². The number of carbonyl (C=O) groups excluding carboxylic acids is 1. The van der Waals surface area contributed by atoms with Crippen LogP contribution in [-0.4, -0.2) is 28.0 Å². The summed E-state index contributed by atoms with van der Waals surface area (Å²) >= 11 is 2.81. The Bertz CT molecular complexity index is 763. The van der Waals surface area contributed by atoms with Gasteiger partial charge in [-0.05, 0) is 42.0 Å².